The Bertz CT molecular complexity index is 1220. The summed E-state index contributed by atoms with van der Waals surface area (Å²) in [7, 11) is 0. The van der Waals surface area contributed by atoms with Gasteiger partial charge in [-0.1, -0.05) is 75.6 Å². The molecule has 0 N–H and O–H groups in total. The van der Waals surface area contributed by atoms with Crippen LogP contribution in [0.3, 0.4) is 0 Å². The third kappa shape index (κ3) is 12.8. The second-order valence-electron chi connectivity index (χ2n) is 10.6. The van der Waals surface area contributed by atoms with Crippen LogP contribution in [0, 0.1) is 36.0 Å². The molecule has 0 nitrogen and oxygen atoms in total. The van der Waals surface area contributed by atoms with E-state index >= 15 is 0 Å². The van der Waals surface area contributed by atoms with Crippen molar-refractivity contribution in [2.45, 2.75) is 77.0 Å². The van der Waals surface area contributed by atoms with Crippen LogP contribution >= 0.6 is 22.6 Å². The molecule has 2 fully saturated rings. The van der Waals surface area contributed by atoms with Gasteiger partial charge in [-0.2, -0.15) is 26.3 Å². The standard InChI is InChI=1S/C17H17F3.C15H18.C2F3I/c1-12-2-7-14(8-3-12)15-9-4-13(5-10-15)6-11-16(18)17(19)20;1-3-13-6-10-15(11-7-13)14-8-4-12(2)5-9-14;3-1(4)2(5)6/h4-5,9-10,12,14H,2-3,7-8H2,1H3;1,6-7,10-12,14H,4-5,8-9H2,2H3;. The Morgan fingerprint density at radius 2 is 1.00 bits per heavy atom. The van der Waals surface area contributed by atoms with E-state index in [4.69, 9.17) is 6.42 Å². The van der Waals surface area contributed by atoms with Gasteiger partial charge in [-0.05, 0) is 113 Å². The van der Waals surface area contributed by atoms with E-state index in [0.717, 1.165) is 45.9 Å². The lowest BCUT2D eigenvalue weighted by Gasteiger charge is -2.26. The highest BCUT2D eigenvalue weighted by atomic mass is 127. The number of allylic oxidation sites excluding steroid dienone is 1. The minimum absolute atomic E-state index is 0.550. The second-order valence-corrected chi connectivity index (χ2v) is 11.6. The molecule has 0 atom stereocenters. The first-order valence-corrected chi connectivity index (χ1v) is 14.8. The molecule has 2 aromatic carbocycles. The molecule has 2 saturated carbocycles. The Hall–Kier alpha value is -2.65. The molecule has 0 amide bonds. The second kappa shape index (κ2) is 18.0. The molecule has 0 heterocycles. The number of rotatable bonds is 2. The fourth-order valence-corrected chi connectivity index (χ4v) is 5.05. The van der Waals surface area contributed by atoms with E-state index in [0.29, 0.717) is 11.5 Å². The summed E-state index contributed by atoms with van der Waals surface area (Å²) >= 11 is 0.895. The van der Waals surface area contributed by atoms with Crippen LogP contribution in [-0.4, -0.2) is 0 Å². The number of terminal acetylenes is 1. The average Bonchev–Trinajstić information content (AvgIpc) is 2.97. The lowest BCUT2D eigenvalue weighted by Crippen LogP contribution is -2.10. The molecule has 2 aromatic rings. The van der Waals surface area contributed by atoms with Gasteiger partial charge in [0.2, 0.25) is 9.66 Å². The molecule has 0 unspecified atom stereocenters. The molecule has 41 heavy (non-hydrogen) atoms. The molecule has 0 bridgehead atoms. The normalized spacial score (nSPS) is 21.3. The number of halogens is 7. The lowest BCUT2D eigenvalue weighted by molar-refractivity contribution is 0.348. The van der Waals surface area contributed by atoms with Crippen LogP contribution in [0.1, 0.15) is 99.3 Å². The summed E-state index contributed by atoms with van der Waals surface area (Å²) in [5, 5.41) is 0. The van der Waals surface area contributed by atoms with Crippen LogP contribution in [0.25, 0.3) is 0 Å². The molecule has 0 saturated heterocycles. The maximum absolute atomic E-state index is 12.6. The Kier molecular flexibility index (Phi) is 15.2. The third-order valence-corrected chi connectivity index (χ3v) is 8.00. The van der Waals surface area contributed by atoms with Crippen LogP contribution in [0.2, 0.25) is 0 Å². The zero-order chi connectivity index (χ0) is 30.4. The Morgan fingerprint density at radius 1 is 0.634 bits per heavy atom. The van der Waals surface area contributed by atoms with Crippen LogP contribution in [0.15, 0.2) is 70.4 Å². The average molecular weight is 685 g/mol. The van der Waals surface area contributed by atoms with Crippen molar-refractivity contribution in [3.05, 3.63) is 92.6 Å². The van der Waals surface area contributed by atoms with Crippen molar-refractivity contribution in [2.75, 3.05) is 0 Å². The SMILES string of the molecule is C#Cc1ccc(C2CCC(C)CC2)cc1.CC1CCC(c2ccc(C#CC(F)=C(F)F)cc2)CC1.FC(F)=C(F)I. The first-order valence-electron chi connectivity index (χ1n) is 13.8. The minimum Gasteiger partial charge on any atom is -0.194 e. The Morgan fingerprint density at radius 3 is 1.32 bits per heavy atom. The molecule has 7 heteroatoms. The van der Waals surface area contributed by atoms with Crippen LogP contribution in [0.5, 0.6) is 0 Å². The summed E-state index contributed by atoms with van der Waals surface area (Å²) in [5.74, 6) is 8.30. The predicted molar refractivity (Wildman–Crippen MR) is 163 cm³/mol. The molecule has 2 aliphatic carbocycles. The zero-order valence-corrected chi connectivity index (χ0v) is 25.5. The van der Waals surface area contributed by atoms with E-state index in [-0.39, 0.29) is 0 Å². The smallest absolute Gasteiger partial charge is 0.194 e. The largest absolute Gasteiger partial charge is 0.314 e. The molecule has 2 aliphatic rings. The quantitative estimate of drug-likeness (QED) is 0.168. The Balaban J connectivity index is 0.000000246. The molecular weight excluding hydrogens is 649 g/mol. The Labute approximate surface area is 253 Å². The molecular formula is C34H35F6I. The van der Waals surface area contributed by atoms with Gasteiger partial charge in [-0.25, -0.2) is 0 Å². The van der Waals surface area contributed by atoms with Crippen molar-refractivity contribution in [3.63, 3.8) is 0 Å². The monoisotopic (exact) mass is 684 g/mol. The molecule has 220 valence electrons. The van der Waals surface area contributed by atoms with E-state index in [2.05, 4.69) is 50.0 Å². The molecule has 0 spiro atoms. The molecule has 4 rings (SSSR count). The molecule has 0 radical (unpaired) electrons. The fourth-order valence-electron chi connectivity index (χ4n) is 5.05. The van der Waals surface area contributed by atoms with Crippen LogP contribution in [-0.2, 0) is 0 Å². The van der Waals surface area contributed by atoms with Gasteiger partial charge in [0.15, 0.2) is 0 Å². The molecule has 0 aliphatic heterocycles. The highest BCUT2D eigenvalue weighted by Crippen LogP contribution is 2.36. The number of hydrogen-bond donors (Lipinski definition) is 0. The third-order valence-electron chi connectivity index (χ3n) is 7.59. The van der Waals surface area contributed by atoms with E-state index < -0.39 is 21.8 Å². The topological polar surface area (TPSA) is 0 Å². The van der Waals surface area contributed by atoms with E-state index in [1.54, 1.807) is 12.1 Å². The summed E-state index contributed by atoms with van der Waals surface area (Å²) in [6.45, 7) is 4.64. The fraction of sp³-hybridized carbons (Fsp3) is 0.412. The van der Waals surface area contributed by atoms with Crippen molar-refractivity contribution < 1.29 is 26.3 Å². The summed E-state index contributed by atoms with van der Waals surface area (Å²) in [6, 6.07) is 16.0. The van der Waals surface area contributed by atoms with Crippen molar-refractivity contribution in [1.82, 2.24) is 0 Å². The van der Waals surface area contributed by atoms with Gasteiger partial charge < -0.3 is 0 Å². The lowest BCUT2D eigenvalue weighted by atomic mass is 9.79. The van der Waals surface area contributed by atoms with Gasteiger partial charge in [0.25, 0.3) is 0 Å². The van der Waals surface area contributed by atoms with Gasteiger partial charge in [0, 0.05) is 11.1 Å². The highest BCUT2D eigenvalue weighted by molar-refractivity contribution is 14.1. The maximum Gasteiger partial charge on any atom is 0.314 e. The summed E-state index contributed by atoms with van der Waals surface area (Å²) < 4.78 is 67.1. The van der Waals surface area contributed by atoms with Crippen molar-refractivity contribution in [2.24, 2.45) is 11.8 Å². The van der Waals surface area contributed by atoms with Crippen LogP contribution < -0.4 is 0 Å². The summed E-state index contributed by atoms with van der Waals surface area (Å²) in [6.07, 6.45) is 11.0. The first-order chi connectivity index (χ1) is 19.5. The van der Waals surface area contributed by atoms with E-state index in [1.807, 2.05) is 18.1 Å². The van der Waals surface area contributed by atoms with E-state index in [9.17, 15) is 26.3 Å². The van der Waals surface area contributed by atoms with Crippen molar-refractivity contribution in [3.8, 4) is 24.2 Å². The van der Waals surface area contributed by atoms with Gasteiger partial charge >= 0.3 is 12.2 Å². The van der Waals surface area contributed by atoms with Gasteiger partial charge in [0.1, 0.15) is 0 Å². The van der Waals surface area contributed by atoms with Crippen molar-refractivity contribution in [1.29, 1.82) is 0 Å². The molecule has 0 aromatic heterocycles. The van der Waals surface area contributed by atoms with E-state index in [1.165, 1.54) is 62.5 Å². The predicted octanol–water partition coefficient (Wildman–Crippen LogP) is 11.8. The maximum atomic E-state index is 12.6. The van der Waals surface area contributed by atoms with Gasteiger partial charge in [-0.3, -0.25) is 0 Å². The first kappa shape index (κ1) is 34.6. The number of hydrogen-bond acceptors (Lipinski definition) is 0. The summed E-state index contributed by atoms with van der Waals surface area (Å²) in [4.78, 5) is 0. The number of benzene rings is 2. The highest BCUT2D eigenvalue weighted by Gasteiger charge is 2.20. The van der Waals surface area contributed by atoms with Crippen LogP contribution in [0.4, 0.5) is 26.3 Å². The zero-order valence-electron chi connectivity index (χ0n) is 23.3. The van der Waals surface area contributed by atoms with Gasteiger partial charge in [0.05, 0.1) is 0 Å². The minimum atomic E-state index is -2.37. The van der Waals surface area contributed by atoms with Gasteiger partial charge in [-0.15, -0.1) is 6.42 Å². The van der Waals surface area contributed by atoms with Crippen molar-refractivity contribution >= 4 is 22.6 Å². The summed E-state index contributed by atoms with van der Waals surface area (Å²) in [5.41, 5.74) is 4.27.